The highest BCUT2D eigenvalue weighted by molar-refractivity contribution is 5.28. The first-order valence-electron chi connectivity index (χ1n) is 10.2. The number of aromatic hydroxyl groups is 1. The molecule has 2 aromatic carbocycles. The van der Waals surface area contributed by atoms with E-state index in [9.17, 15) is 10.2 Å². The topological polar surface area (TPSA) is 43.7 Å². The summed E-state index contributed by atoms with van der Waals surface area (Å²) in [6.45, 7) is 7.61. The van der Waals surface area contributed by atoms with E-state index < -0.39 is 5.60 Å². The summed E-state index contributed by atoms with van der Waals surface area (Å²) in [5.41, 5.74) is 3.27. The molecule has 2 aromatic rings. The van der Waals surface area contributed by atoms with Crippen molar-refractivity contribution >= 4 is 0 Å². The molecule has 1 saturated carbocycles. The molecule has 4 atom stereocenters. The molecular weight excluding hydrogens is 334 g/mol. The maximum Gasteiger partial charge on any atom is 0.115 e. The zero-order valence-electron chi connectivity index (χ0n) is 16.4. The van der Waals surface area contributed by atoms with Crippen molar-refractivity contribution in [3.63, 3.8) is 0 Å². The third-order valence-electron chi connectivity index (χ3n) is 6.58. The first-order valence-corrected chi connectivity index (χ1v) is 10.2. The van der Waals surface area contributed by atoms with Crippen LogP contribution in [-0.4, -0.2) is 40.3 Å². The molecular formula is C24H31NO2. The molecule has 4 rings (SSSR count). The predicted octanol–water partition coefficient (Wildman–Crippen LogP) is 4.12. The number of rotatable bonds is 5. The van der Waals surface area contributed by atoms with E-state index in [-0.39, 0.29) is 0 Å². The molecule has 1 aliphatic carbocycles. The minimum Gasteiger partial charge on any atom is -0.508 e. The number of aryl methyl sites for hydroxylation is 1. The van der Waals surface area contributed by atoms with Gasteiger partial charge in [-0.15, -0.1) is 0 Å². The van der Waals surface area contributed by atoms with Crippen LogP contribution in [0.25, 0.3) is 0 Å². The summed E-state index contributed by atoms with van der Waals surface area (Å²) in [5.74, 6) is 2.02. The Morgan fingerprint density at radius 1 is 1.00 bits per heavy atom. The van der Waals surface area contributed by atoms with Gasteiger partial charge in [-0.05, 0) is 60.8 Å². The molecule has 1 aliphatic heterocycles. The second kappa shape index (κ2) is 7.29. The van der Waals surface area contributed by atoms with E-state index in [1.807, 2.05) is 12.1 Å². The van der Waals surface area contributed by atoms with Crippen molar-refractivity contribution in [1.29, 1.82) is 0 Å². The lowest BCUT2D eigenvalue weighted by Crippen LogP contribution is -2.33. The number of hydrogen-bond acceptors (Lipinski definition) is 3. The summed E-state index contributed by atoms with van der Waals surface area (Å²) < 4.78 is 0. The number of phenols is 1. The van der Waals surface area contributed by atoms with Crippen molar-refractivity contribution in [2.45, 2.75) is 44.6 Å². The van der Waals surface area contributed by atoms with Gasteiger partial charge in [0.05, 0.1) is 5.60 Å². The van der Waals surface area contributed by atoms with Crippen molar-refractivity contribution in [3.8, 4) is 5.75 Å². The second-order valence-electron chi connectivity index (χ2n) is 9.03. The fourth-order valence-corrected chi connectivity index (χ4v) is 5.23. The summed E-state index contributed by atoms with van der Waals surface area (Å²) in [7, 11) is 0. The number of aliphatic hydroxyl groups is 1. The van der Waals surface area contributed by atoms with Crippen LogP contribution in [-0.2, 0) is 6.42 Å². The van der Waals surface area contributed by atoms with E-state index in [4.69, 9.17) is 0 Å². The first kappa shape index (κ1) is 18.5. The zero-order chi connectivity index (χ0) is 19.0. The van der Waals surface area contributed by atoms with Crippen molar-refractivity contribution in [1.82, 2.24) is 4.90 Å². The van der Waals surface area contributed by atoms with Crippen LogP contribution in [0.15, 0.2) is 48.5 Å². The van der Waals surface area contributed by atoms with Gasteiger partial charge in [-0.25, -0.2) is 0 Å². The van der Waals surface area contributed by atoms with Crippen molar-refractivity contribution in [3.05, 3.63) is 65.2 Å². The molecule has 2 fully saturated rings. The molecule has 27 heavy (non-hydrogen) atoms. The Morgan fingerprint density at radius 2 is 1.59 bits per heavy atom. The van der Waals surface area contributed by atoms with E-state index in [0.717, 1.165) is 38.9 Å². The molecule has 1 heterocycles. The largest absolute Gasteiger partial charge is 0.508 e. The molecule has 0 aromatic heterocycles. The number of likely N-dealkylation sites (tertiary alicyclic amines) is 1. The second-order valence-corrected chi connectivity index (χ2v) is 9.03. The standard InChI is InChI=1S/C24H31NO2/c1-17-3-5-19(6-4-17)11-24(27)12-21-15-25(16-22(21)13-24)14-18(2)20-7-9-23(26)10-8-20/h3-10,18,21-22,26-27H,11-16H2,1-2H3/t18?,21-,22+,24-. The quantitative estimate of drug-likeness (QED) is 0.838. The predicted molar refractivity (Wildman–Crippen MR) is 109 cm³/mol. The fourth-order valence-electron chi connectivity index (χ4n) is 5.23. The van der Waals surface area contributed by atoms with Gasteiger partial charge in [0.1, 0.15) is 5.75 Å². The van der Waals surface area contributed by atoms with Gasteiger partial charge >= 0.3 is 0 Å². The van der Waals surface area contributed by atoms with Crippen LogP contribution in [0, 0.1) is 18.8 Å². The highest BCUT2D eigenvalue weighted by Crippen LogP contribution is 2.45. The molecule has 3 nitrogen and oxygen atoms in total. The number of fused-ring (bicyclic) bond motifs is 1. The fraction of sp³-hybridized carbons (Fsp3) is 0.500. The van der Waals surface area contributed by atoms with Crippen molar-refractivity contribution < 1.29 is 10.2 Å². The summed E-state index contributed by atoms with van der Waals surface area (Å²) in [6.07, 6.45) is 2.63. The highest BCUT2D eigenvalue weighted by atomic mass is 16.3. The van der Waals surface area contributed by atoms with Crippen LogP contribution >= 0.6 is 0 Å². The Kier molecular flexibility index (Phi) is 5.00. The van der Waals surface area contributed by atoms with Crippen LogP contribution in [0.5, 0.6) is 5.75 Å². The van der Waals surface area contributed by atoms with Gasteiger partial charge in [0.2, 0.25) is 0 Å². The lowest BCUT2D eigenvalue weighted by atomic mass is 9.91. The van der Waals surface area contributed by atoms with Gasteiger partial charge in [-0.2, -0.15) is 0 Å². The van der Waals surface area contributed by atoms with E-state index >= 15 is 0 Å². The molecule has 0 radical (unpaired) electrons. The molecule has 0 spiro atoms. The number of benzene rings is 2. The van der Waals surface area contributed by atoms with Gasteiger partial charge in [-0.3, -0.25) is 0 Å². The van der Waals surface area contributed by atoms with Gasteiger partial charge in [0, 0.05) is 26.1 Å². The first-order chi connectivity index (χ1) is 12.9. The lowest BCUT2D eigenvalue weighted by Gasteiger charge is -2.27. The monoisotopic (exact) mass is 365 g/mol. The molecule has 144 valence electrons. The molecule has 1 unspecified atom stereocenters. The Balaban J connectivity index is 1.32. The van der Waals surface area contributed by atoms with Crippen molar-refractivity contribution in [2.24, 2.45) is 11.8 Å². The van der Waals surface area contributed by atoms with Gasteiger partial charge in [0.25, 0.3) is 0 Å². The third-order valence-corrected chi connectivity index (χ3v) is 6.58. The van der Waals surface area contributed by atoms with E-state index in [1.54, 1.807) is 12.1 Å². The maximum absolute atomic E-state index is 11.1. The molecule has 0 bridgehead atoms. The Bertz CT molecular complexity index is 754. The average Bonchev–Trinajstić information content (AvgIpc) is 3.11. The Morgan fingerprint density at radius 3 is 2.19 bits per heavy atom. The number of hydrogen-bond donors (Lipinski definition) is 2. The van der Waals surface area contributed by atoms with Crippen LogP contribution in [0.4, 0.5) is 0 Å². The molecule has 1 saturated heterocycles. The summed E-state index contributed by atoms with van der Waals surface area (Å²) in [6, 6.07) is 16.2. The van der Waals surface area contributed by atoms with Gasteiger partial charge < -0.3 is 15.1 Å². The minimum atomic E-state index is -0.529. The molecule has 2 N–H and O–H groups in total. The van der Waals surface area contributed by atoms with E-state index in [2.05, 4.69) is 43.0 Å². The smallest absolute Gasteiger partial charge is 0.115 e. The Labute approximate surface area is 162 Å². The normalized spacial score (nSPS) is 29.0. The number of phenolic OH excluding ortho intramolecular Hbond substituents is 1. The van der Waals surface area contributed by atoms with Crippen LogP contribution in [0.1, 0.15) is 42.4 Å². The third kappa shape index (κ3) is 4.20. The van der Waals surface area contributed by atoms with Crippen LogP contribution < -0.4 is 0 Å². The summed E-state index contributed by atoms with van der Waals surface area (Å²) >= 11 is 0. The molecule has 0 amide bonds. The number of nitrogens with zero attached hydrogens (tertiary/aromatic N) is 1. The summed E-state index contributed by atoms with van der Waals surface area (Å²) in [5, 5.41) is 20.6. The summed E-state index contributed by atoms with van der Waals surface area (Å²) in [4.78, 5) is 2.57. The van der Waals surface area contributed by atoms with Crippen molar-refractivity contribution in [2.75, 3.05) is 19.6 Å². The average molecular weight is 366 g/mol. The lowest BCUT2D eigenvalue weighted by molar-refractivity contribution is 0.0353. The van der Waals surface area contributed by atoms with E-state index in [1.165, 1.54) is 16.7 Å². The SMILES string of the molecule is Cc1ccc(C[C@]2(O)C[C@H]3CN(CC(C)c4ccc(O)cc4)C[C@H]3C2)cc1. The van der Waals surface area contributed by atoms with Gasteiger partial charge in [0.15, 0.2) is 0 Å². The minimum absolute atomic E-state index is 0.328. The zero-order valence-corrected chi connectivity index (χ0v) is 16.4. The van der Waals surface area contributed by atoms with Crippen LogP contribution in [0.3, 0.4) is 0 Å². The highest BCUT2D eigenvalue weighted by Gasteiger charge is 2.48. The van der Waals surface area contributed by atoms with Gasteiger partial charge in [-0.1, -0.05) is 48.9 Å². The molecule has 3 heteroatoms. The molecule has 2 aliphatic rings. The van der Waals surface area contributed by atoms with E-state index in [0.29, 0.717) is 23.5 Å². The van der Waals surface area contributed by atoms with Crippen LogP contribution in [0.2, 0.25) is 0 Å². The maximum atomic E-state index is 11.1. The Hall–Kier alpha value is -1.84.